The average molecular weight is 217 g/mol. The Balaban J connectivity index is 3.73. The molecule has 0 spiro atoms. The summed E-state index contributed by atoms with van der Waals surface area (Å²) in [6.45, 7) is 5.22. The average Bonchev–Trinajstić information content (AvgIpc) is 2.22. The van der Waals surface area contributed by atoms with Crippen molar-refractivity contribution in [3.05, 3.63) is 12.2 Å². The van der Waals surface area contributed by atoms with Crippen molar-refractivity contribution in [1.82, 2.24) is 5.48 Å². The van der Waals surface area contributed by atoms with Crippen molar-refractivity contribution in [2.24, 2.45) is 0 Å². The van der Waals surface area contributed by atoms with Gasteiger partial charge >= 0.3 is 12.1 Å². The first-order valence-corrected chi connectivity index (χ1v) is 4.54. The molecule has 86 valence electrons. The molecule has 0 heterocycles. The maximum absolute atomic E-state index is 11.1. The van der Waals surface area contributed by atoms with Gasteiger partial charge in [0.25, 0.3) is 0 Å². The van der Waals surface area contributed by atoms with Gasteiger partial charge in [-0.2, -0.15) is 0 Å². The van der Waals surface area contributed by atoms with Crippen LogP contribution in [-0.4, -0.2) is 30.4 Å². The quantitative estimate of drug-likeness (QED) is 0.518. The third-order valence-electron chi connectivity index (χ3n) is 1.43. The Bertz CT molecular complexity index is 239. The number of amides is 1. The normalized spacial score (nSPS) is 9.20. The van der Waals surface area contributed by atoms with Crippen LogP contribution >= 0.6 is 0 Å². The van der Waals surface area contributed by atoms with Crippen molar-refractivity contribution in [2.45, 2.75) is 19.8 Å². The van der Waals surface area contributed by atoms with Gasteiger partial charge in [0, 0.05) is 12.2 Å². The minimum atomic E-state index is -0.833. The topological polar surface area (TPSA) is 84.9 Å². The molecule has 0 aromatic heterocycles. The van der Waals surface area contributed by atoms with E-state index >= 15 is 0 Å². The number of carbonyl (C=O) groups is 2. The van der Waals surface area contributed by atoms with Gasteiger partial charge in [-0.05, 0) is 19.8 Å². The standard InChI is InChI=1S/C9H15NO5/c1-3-14-9(13)10-15-8(12)7(2)5-4-6-11/h11H,2-6H2,1H3,(H,10,13). The second-order valence-electron chi connectivity index (χ2n) is 2.64. The van der Waals surface area contributed by atoms with Crippen LogP contribution in [0.4, 0.5) is 4.79 Å². The van der Waals surface area contributed by atoms with E-state index in [0.29, 0.717) is 12.8 Å². The van der Waals surface area contributed by atoms with Gasteiger partial charge in [-0.3, -0.25) is 0 Å². The highest BCUT2D eigenvalue weighted by atomic mass is 16.7. The number of aliphatic hydroxyl groups excluding tert-OH is 1. The van der Waals surface area contributed by atoms with Crippen LogP contribution in [0.2, 0.25) is 0 Å². The highest BCUT2D eigenvalue weighted by molar-refractivity contribution is 5.88. The van der Waals surface area contributed by atoms with Crippen LogP contribution in [0.3, 0.4) is 0 Å². The summed E-state index contributed by atoms with van der Waals surface area (Å²) < 4.78 is 4.46. The van der Waals surface area contributed by atoms with E-state index in [1.807, 2.05) is 0 Å². The summed E-state index contributed by atoms with van der Waals surface area (Å²) in [6.07, 6.45) is -0.0894. The molecule has 6 heteroatoms. The minimum absolute atomic E-state index is 0.0302. The number of nitrogens with one attached hydrogen (secondary N) is 1. The highest BCUT2D eigenvalue weighted by Gasteiger charge is 2.10. The van der Waals surface area contributed by atoms with Gasteiger partial charge in [-0.25, -0.2) is 9.59 Å². The zero-order valence-corrected chi connectivity index (χ0v) is 8.62. The highest BCUT2D eigenvalue weighted by Crippen LogP contribution is 2.02. The Morgan fingerprint density at radius 3 is 2.67 bits per heavy atom. The molecule has 0 aliphatic heterocycles. The van der Waals surface area contributed by atoms with Crippen LogP contribution in [0.5, 0.6) is 0 Å². The molecule has 0 aliphatic rings. The lowest BCUT2D eigenvalue weighted by molar-refractivity contribution is -0.145. The number of hydrogen-bond acceptors (Lipinski definition) is 5. The molecule has 1 amide bonds. The lowest BCUT2D eigenvalue weighted by Crippen LogP contribution is -2.28. The van der Waals surface area contributed by atoms with E-state index in [2.05, 4.69) is 16.2 Å². The van der Waals surface area contributed by atoms with Gasteiger partial charge in [0.2, 0.25) is 0 Å². The fraction of sp³-hybridized carbons (Fsp3) is 0.556. The first kappa shape index (κ1) is 13.4. The van der Waals surface area contributed by atoms with Gasteiger partial charge in [0.1, 0.15) is 0 Å². The third kappa shape index (κ3) is 6.50. The number of aliphatic hydroxyl groups is 1. The predicted octanol–water partition coefficient (Wildman–Crippen LogP) is 0.519. The van der Waals surface area contributed by atoms with Crippen LogP contribution in [0.15, 0.2) is 12.2 Å². The Kier molecular flexibility index (Phi) is 7.00. The summed E-state index contributed by atoms with van der Waals surface area (Å²) >= 11 is 0. The number of carbonyl (C=O) groups excluding carboxylic acids is 2. The van der Waals surface area contributed by atoms with E-state index in [-0.39, 0.29) is 18.8 Å². The van der Waals surface area contributed by atoms with Crippen molar-refractivity contribution < 1.29 is 24.3 Å². The lowest BCUT2D eigenvalue weighted by Gasteiger charge is -2.06. The smallest absolute Gasteiger partial charge is 0.440 e. The molecule has 6 nitrogen and oxygen atoms in total. The second-order valence-corrected chi connectivity index (χ2v) is 2.64. The fourth-order valence-corrected chi connectivity index (χ4v) is 0.715. The van der Waals surface area contributed by atoms with Gasteiger partial charge in [0.15, 0.2) is 0 Å². The van der Waals surface area contributed by atoms with E-state index in [9.17, 15) is 9.59 Å². The molecule has 0 aromatic carbocycles. The van der Waals surface area contributed by atoms with Crippen LogP contribution in [0.1, 0.15) is 19.8 Å². The minimum Gasteiger partial charge on any atom is -0.448 e. The number of hydrogen-bond donors (Lipinski definition) is 2. The Labute approximate surface area is 87.8 Å². The molecule has 0 saturated carbocycles. The summed E-state index contributed by atoms with van der Waals surface area (Å²) in [4.78, 5) is 26.2. The second kappa shape index (κ2) is 7.81. The maximum atomic E-state index is 11.1. The van der Waals surface area contributed by atoms with Gasteiger partial charge in [-0.1, -0.05) is 6.58 Å². The monoisotopic (exact) mass is 217 g/mol. The molecular weight excluding hydrogens is 202 g/mol. The zero-order valence-electron chi connectivity index (χ0n) is 8.62. The number of ether oxygens (including phenoxy) is 1. The summed E-state index contributed by atoms with van der Waals surface area (Å²) in [5.41, 5.74) is 1.99. The summed E-state index contributed by atoms with van der Waals surface area (Å²) in [5.74, 6) is -0.739. The predicted molar refractivity (Wildman–Crippen MR) is 51.7 cm³/mol. The van der Waals surface area contributed by atoms with Crippen LogP contribution in [-0.2, 0) is 14.4 Å². The SMILES string of the molecule is C=C(CCCO)C(=O)ONC(=O)OCC. The molecule has 0 saturated heterocycles. The molecule has 0 unspecified atom stereocenters. The molecule has 0 rings (SSSR count). The van der Waals surface area contributed by atoms with Gasteiger partial charge in [-0.15, -0.1) is 5.48 Å². The Morgan fingerprint density at radius 2 is 2.13 bits per heavy atom. The third-order valence-corrected chi connectivity index (χ3v) is 1.43. The first-order valence-electron chi connectivity index (χ1n) is 4.54. The molecule has 0 radical (unpaired) electrons. The molecule has 2 N–H and O–H groups in total. The van der Waals surface area contributed by atoms with Crippen molar-refractivity contribution in [1.29, 1.82) is 0 Å². The van der Waals surface area contributed by atoms with Crippen molar-refractivity contribution in [3.8, 4) is 0 Å². The van der Waals surface area contributed by atoms with Crippen molar-refractivity contribution in [2.75, 3.05) is 13.2 Å². The Morgan fingerprint density at radius 1 is 1.47 bits per heavy atom. The van der Waals surface area contributed by atoms with Gasteiger partial charge in [0.05, 0.1) is 6.61 Å². The van der Waals surface area contributed by atoms with Crippen LogP contribution in [0.25, 0.3) is 0 Å². The van der Waals surface area contributed by atoms with E-state index < -0.39 is 12.1 Å². The van der Waals surface area contributed by atoms with Crippen LogP contribution < -0.4 is 5.48 Å². The summed E-state index contributed by atoms with van der Waals surface area (Å²) in [7, 11) is 0. The van der Waals surface area contributed by atoms with Crippen molar-refractivity contribution in [3.63, 3.8) is 0 Å². The molecule has 0 aromatic rings. The number of hydroxylamine groups is 1. The molecule has 15 heavy (non-hydrogen) atoms. The van der Waals surface area contributed by atoms with Gasteiger partial charge < -0.3 is 14.7 Å². The first-order chi connectivity index (χ1) is 7.11. The maximum Gasteiger partial charge on any atom is 0.440 e. The van der Waals surface area contributed by atoms with Crippen LogP contribution in [0, 0.1) is 0 Å². The lowest BCUT2D eigenvalue weighted by atomic mass is 10.2. The molecule has 0 fully saturated rings. The van der Waals surface area contributed by atoms with E-state index in [4.69, 9.17) is 5.11 Å². The molecule has 0 atom stereocenters. The van der Waals surface area contributed by atoms with E-state index in [1.165, 1.54) is 0 Å². The zero-order chi connectivity index (χ0) is 11.7. The molecule has 0 bridgehead atoms. The molecular formula is C9H15NO5. The molecule has 0 aliphatic carbocycles. The largest absolute Gasteiger partial charge is 0.448 e. The van der Waals surface area contributed by atoms with E-state index in [1.54, 1.807) is 12.4 Å². The summed E-state index contributed by atoms with van der Waals surface area (Å²) in [5, 5.41) is 8.50. The fourth-order valence-electron chi connectivity index (χ4n) is 0.715. The summed E-state index contributed by atoms with van der Waals surface area (Å²) in [6, 6.07) is 0. The Hall–Kier alpha value is -1.56. The van der Waals surface area contributed by atoms with Crippen molar-refractivity contribution >= 4 is 12.1 Å². The number of rotatable bonds is 5. The van der Waals surface area contributed by atoms with E-state index in [0.717, 1.165) is 0 Å².